The van der Waals surface area contributed by atoms with Crippen molar-refractivity contribution in [2.24, 2.45) is 5.10 Å². The molecular formula is C15H13N4O5-. The first-order valence-electron chi connectivity index (χ1n) is 6.89. The highest BCUT2D eigenvalue weighted by atomic mass is 16.6. The molecule has 1 amide bonds. The quantitative estimate of drug-likeness (QED) is 0.482. The monoisotopic (exact) mass is 329 g/mol. The van der Waals surface area contributed by atoms with Gasteiger partial charge in [0.1, 0.15) is 11.4 Å². The number of hydrogen-bond donors (Lipinski definition) is 1. The maximum atomic E-state index is 12.1. The van der Waals surface area contributed by atoms with E-state index in [4.69, 9.17) is 4.74 Å². The van der Waals surface area contributed by atoms with Gasteiger partial charge in [0.25, 0.3) is 11.6 Å². The third-order valence-corrected chi connectivity index (χ3v) is 2.85. The van der Waals surface area contributed by atoms with Crippen LogP contribution >= 0.6 is 0 Å². The summed E-state index contributed by atoms with van der Waals surface area (Å²) in [4.78, 5) is 25.9. The summed E-state index contributed by atoms with van der Waals surface area (Å²) < 4.78 is 5.09. The molecular weight excluding hydrogens is 316 g/mol. The van der Waals surface area contributed by atoms with Crippen LogP contribution in [0.25, 0.3) is 0 Å². The lowest BCUT2D eigenvalue weighted by atomic mass is 10.1. The van der Waals surface area contributed by atoms with E-state index >= 15 is 0 Å². The molecule has 2 rings (SSSR count). The molecule has 24 heavy (non-hydrogen) atoms. The van der Waals surface area contributed by atoms with Crippen molar-refractivity contribution in [1.29, 1.82) is 0 Å². The summed E-state index contributed by atoms with van der Waals surface area (Å²) in [5.74, 6) is -1.28. The van der Waals surface area contributed by atoms with E-state index in [0.717, 1.165) is 18.3 Å². The van der Waals surface area contributed by atoms with Crippen molar-refractivity contribution in [1.82, 2.24) is 10.4 Å². The maximum Gasteiger partial charge on any atom is 0.289 e. The Balaban J connectivity index is 2.21. The number of nitro benzene ring substituents is 1. The summed E-state index contributed by atoms with van der Waals surface area (Å²) >= 11 is 0. The second-order valence-electron chi connectivity index (χ2n) is 4.47. The van der Waals surface area contributed by atoms with Crippen LogP contribution in [0.2, 0.25) is 0 Å². The molecule has 1 aromatic heterocycles. The van der Waals surface area contributed by atoms with Crippen LogP contribution in [0.15, 0.2) is 41.6 Å². The predicted octanol–water partition coefficient (Wildman–Crippen LogP) is 1.23. The predicted molar refractivity (Wildman–Crippen MR) is 83.0 cm³/mol. The third kappa shape index (κ3) is 4.03. The number of ether oxygens (including phenoxy) is 1. The van der Waals surface area contributed by atoms with Gasteiger partial charge in [0.2, 0.25) is 0 Å². The Morgan fingerprint density at radius 1 is 1.46 bits per heavy atom. The van der Waals surface area contributed by atoms with Crippen LogP contribution in [-0.4, -0.2) is 28.6 Å². The molecule has 0 radical (unpaired) electrons. The SMILES string of the molecule is CCOc1cc([N+](=O)[O-])cc(/C=N\NC(=O)c2ccccn2)c1[O-]. The summed E-state index contributed by atoms with van der Waals surface area (Å²) in [7, 11) is 0. The summed E-state index contributed by atoms with van der Waals surface area (Å²) in [6.45, 7) is 1.84. The van der Waals surface area contributed by atoms with Crippen molar-refractivity contribution in [3.8, 4) is 11.5 Å². The number of carbonyl (C=O) groups excluding carboxylic acids is 1. The lowest BCUT2D eigenvalue weighted by Gasteiger charge is -2.16. The number of amides is 1. The number of non-ortho nitro benzene ring substituents is 1. The molecule has 0 spiro atoms. The van der Waals surface area contributed by atoms with Gasteiger partial charge in [0.05, 0.1) is 23.8 Å². The molecule has 0 atom stereocenters. The fourth-order valence-electron chi connectivity index (χ4n) is 1.79. The molecule has 0 fully saturated rings. The van der Waals surface area contributed by atoms with Gasteiger partial charge in [-0.05, 0) is 24.6 Å². The molecule has 1 aromatic carbocycles. The summed E-state index contributed by atoms with van der Waals surface area (Å²) in [6, 6.07) is 6.89. The first-order valence-corrected chi connectivity index (χ1v) is 6.89. The molecule has 0 saturated heterocycles. The topological polar surface area (TPSA) is 130 Å². The second-order valence-corrected chi connectivity index (χ2v) is 4.47. The number of rotatable bonds is 6. The van der Waals surface area contributed by atoms with E-state index in [1.54, 1.807) is 19.1 Å². The minimum atomic E-state index is -0.647. The van der Waals surface area contributed by atoms with Crippen LogP contribution in [0.1, 0.15) is 23.0 Å². The zero-order chi connectivity index (χ0) is 17.5. The van der Waals surface area contributed by atoms with Gasteiger partial charge in [-0.3, -0.25) is 19.9 Å². The largest absolute Gasteiger partial charge is 0.870 e. The Hall–Kier alpha value is -3.49. The molecule has 9 heteroatoms. The molecule has 1 N–H and O–H groups in total. The Morgan fingerprint density at radius 3 is 2.88 bits per heavy atom. The molecule has 0 aliphatic heterocycles. The van der Waals surface area contributed by atoms with E-state index in [1.165, 1.54) is 12.3 Å². The molecule has 9 nitrogen and oxygen atoms in total. The first kappa shape index (κ1) is 16.9. The number of benzene rings is 1. The maximum absolute atomic E-state index is 12.1. The van der Waals surface area contributed by atoms with E-state index < -0.39 is 16.6 Å². The fraction of sp³-hybridized carbons (Fsp3) is 0.133. The van der Waals surface area contributed by atoms with Crippen molar-refractivity contribution < 1.29 is 19.6 Å². The van der Waals surface area contributed by atoms with Gasteiger partial charge in [-0.15, -0.1) is 0 Å². The van der Waals surface area contributed by atoms with Crippen molar-refractivity contribution in [3.05, 3.63) is 57.9 Å². The average Bonchev–Trinajstić information content (AvgIpc) is 2.58. The Labute approximate surface area is 136 Å². The molecule has 2 aromatic rings. The minimum Gasteiger partial charge on any atom is -0.870 e. The number of hydrogen-bond acceptors (Lipinski definition) is 7. The average molecular weight is 329 g/mol. The standard InChI is InChI=1S/C15H14N4O5/c1-2-24-13-8-11(19(22)23)7-10(14(13)20)9-17-18-15(21)12-5-3-4-6-16-12/h3-9,20H,2H2,1H3,(H,18,21)/p-1/b17-9-. The van der Waals surface area contributed by atoms with Gasteiger partial charge in [0, 0.05) is 12.3 Å². The first-order chi connectivity index (χ1) is 11.5. The highest BCUT2D eigenvalue weighted by molar-refractivity contribution is 5.93. The smallest absolute Gasteiger partial charge is 0.289 e. The third-order valence-electron chi connectivity index (χ3n) is 2.85. The number of nitrogens with one attached hydrogen (secondary N) is 1. The van der Waals surface area contributed by atoms with E-state index in [9.17, 15) is 20.0 Å². The van der Waals surface area contributed by atoms with E-state index in [2.05, 4.69) is 15.5 Å². The number of nitro groups is 1. The molecule has 0 aliphatic rings. The summed E-state index contributed by atoms with van der Waals surface area (Å²) in [6.07, 6.45) is 2.47. The van der Waals surface area contributed by atoms with Crippen molar-refractivity contribution in [2.75, 3.05) is 6.61 Å². The minimum absolute atomic E-state index is 0.0750. The molecule has 0 bridgehead atoms. The Kier molecular flexibility index (Phi) is 5.40. The van der Waals surface area contributed by atoms with Crippen molar-refractivity contribution in [2.45, 2.75) is 6.92 Å². The number of pyridine rings is 1. The molecule has 1 heterocycles. The van der Waals surface area contributed by atoms with Crippen LogP contribution in [0.4, 0.5) is 5.69 Å². The normalized spacial score (nSPS) is 10.5. The molecule has 0 unspecified atom stereocenters. The number of aromatic nitrogens is 1. The van der Waals surface area contributed by atoms with Gasteiger partial charge < -0.3 is 9.84 Å². The molecule has 0 saturated carbocycles. The van der Waals surface area contributed by atoms with Gasteiger partial charge >= 0.3 is 0 Å². The number of nitrogens with zero attached hydrogens (tertiary/aromatic N) is 3. The van der Waals surface area contributed by atoms with Crippen LogP contribution in [0, 0.1) is 10.1 Å². The molecule has 124 valence electrons. The van der Waals surface area contributed by atoms with E-state index in [0.29, 0.717) is 0 Å². The van der Waals surface area contributed by atoms with Crippen molar-refractivity contribution >= 4 is 17.8 Å². The Bertz CT molecular complexity index is 777. The van der Waals surface area contributed by atoms with Gasteiger partial charge in [-0.2, -0.15) is 5.10 Å². The highest BCUT2D eigenvalue weighted by Crippen LogP contribution is 2.31. The highest BCUT2D eigenvalue weighted by Gasteiger charge is 2.12. The Morgan fingerprint density at radius 2 is 2.25 bits per heavy atom. The summed E-state index contributed by atoms with van der Waals surface area (Å²) in [5, 5.41) is 26.7. The fourth-order valence-corrected chi connectivity index (χ4v) is 1.79. The van der Waals surface area contributed by atoms with Crippen molar-refractivity contribution in [3.63, 3.8) is 0 Å². The van der Waals surface area contributed by atoms with Crippen LogP contribution < -0.4 is 15.3 Å². The number of carbonyl (C=O) groups is 1. The lowest BCUT2D eigenvalue weighted by Crippen LogP contribution is -2.18. The van der Waals surface area contributed by atoms with Gasteiger partial charge in [-0.1, -0.05) is 11.8 Å². The van der Waals surface area contributed by atoms with Crippen LogP contribution in [0.3, 0.4) is 0 Å². The van der Waals surface area contributed by atoms with Gasteiger partial charge in [0.15, 0.2) is 0 Å². The van der Waals surface area contributed by atoms with Gasteiger partial charge in [-0.25, -0.2) is 5.43 Å². The lowest BCUT2D eigenvalue weighted by molar-refractivity contribution is -0.385. The zero-order valence-electron chi connectivity index (χ0n) is 12.6. The molecule has 0 aliphatic carbocycles. The van der Waals surface area contributed by atoms with Crippen LogP contribution in [0.5, 0.6) is 11.5 Å². The second kappa shape index (κ2) is 7.68. The zero-order valence-corrected chi connectivity index (χ0v) is 12.6. The summed E-state index contributed by atoms with van der Waals surface area (Å²) in [5.41, 5.74) is 1.95. The number of hydrazone groups is 1. The van der Waals surface area contributed by atoms with E-state index in [1.807, 2.05) is 0 Å². The van der Waals surface area contributed by atoms with Crippen LogP contribution in [-0.2, 0) is 0 Å². The van der Waals surface area contributed by atoms with E-state index in [-0.39, 0.29) is 29.3 Å².